The molecule has 0 spiro atoms. The molecule has 2 aromatic rings. The molecule has 0 atom stereocenters. The molecule has 1 amide bonds. The average molecular weight is 524 g/mol. The Hall–Kier alpha value is -2.29. The molecule has 0 bridgehead atoms. The van der Waals surface area contributed by atoms with Gasteiger partial charge in [0.2, 0.25) is 0 Å². The van der Waals surface area contributed by atoms with E-state index in [0.29, 0.717) is 12.1 Å². The SMILES string of the molecule is CN=C(NCCc1cccc(C(=O)N(C)C)c1)NCc1ccc(OC(C)C)cc1.I. The summed E-state index contributed by atoms with van der Waals surface area (Å²) in [5, 5.41) is 6.63. The lowest BCUT2D eigenvalue weighted by Crippen LogP contribution is -2.37. The highest BCUT2D eigenvalue weighted by Crippen LogP contribution is 2.13. The van der Waals surface area contributed by atoms with Crippen LogP contribution in [0.15, 0.2) is 53.5 Å². The van der Waals surface area contributed by atoms with Gasteiger partial charge >= 0.3 is 0 Å². The van der Waals surface area contributed by atoms with E-state index in [4.69, 9.17) is 4.74 Å². The first kappa shape index (κ1) is 25.7. The maximum atomic E-state index is 12.1. The number of ether oxygens (including phenoxy) is 1. The van der Waals surface area contributed by atoms with Crippen molar-refractivity contribution in [1.29, 1.82) is 0 Å². The molecule has 164 valence electrons. The van der Waals surface area contributed by atoms with Crippen LogP contribution in [-0.2, 0) is 13.0 Å². The maximum absolute atomic E-state index is 12.1. The first-order valence-corrected chi connectivity index (χ1v) is 9.89. The number of hydrogen-bond acceptors (Lipinski definition) is 3. The number of guanidine groups is 1. The van der Waals surface area contributed by atoms with Crippen LogP contribution in [0, 0.1) is 0 Å². The molecule has 0 aliphatic rings. The van der Waals surface area contributed by atoms with E-state index in [2.05, 4.69) is 15.6 Å². The van der Waals surface area contributed by atoms with Gasteiger partial charge in [0.15, 0.2) is 5.96 Å². The molecule has 7 heteroatoms. The Morgan fingerprint density at radius 1 is 1.07 bits per heavy atom. The number of amides is 1. The van der Waals surface area contributed by atoms with Crippen molar-refractivity contribution in [2.75, 3.05) is 27.7 Å². The predicted octanol–water partition coefficient (Wildman–Crippen LogP) is 3.70. The third kappa shape index (κ3) is 8.61. The smallest absolute Gasteiger partial charge is 0.253 e. The van der Waals surface area contributed by atoms with Gasteiger partial charge in [-0.2, -0.15) is 0 Å². The van der Waals surface area contributed by atoms with Crippen LogP contribution in [0.2, 0.25) is 0 Å². The van der Waals surface area contributed by atoms with Crippen molar-refractivity contribution in [2.24, 2.45) is 4.99 Å². The van der Waals surface area contributed by atoms with Crippen LogP contribution in [0.4, 0.5) is 0 Å². The van der Waals surface area contributed by atoms with Gasteiger partial charge in [0, 0.05) is 39.8 Å². The van der Waals surface area contributed by atoms with Crippen molar-refractivity contribution in [3.05, 3.63) is 65.2 Å². The van der Waals surface area contributed by atoms with Gasteiger partial charge in [0.25, 0.3) is 5.91 Å². The average Bonchev–Trinajstić information content (AvgIpc) is 2.70. The standard InChI is InChI=1S/C23H32N4O2.HI/c1-17(2)29-21-11-9-19(10-12-21)16-26-23(24-3)25-14-13-18-7-6-8-20(15-18)22(28)27(4)5;/h6-12,15,17H,13-14,16H2,1-5H3,(H2,24,25,26);1H. The zero-order valence-corrected chi connectivity index (χ0v) is 20.8. The first-order valence-electron chi connectivity index (χ1n) is 9.89. The molecule has 2 N–H and O–H groups in total. The number of nitrogens with zero attached hydrogens (tertiary/aromatic N) is 2. The van der Waals surface area contributed by atoms with Gasteiger partial charge in [-0.05, 0) is 55.7 Å². The summed E-state index contributed by atoms with van der Waals surface area (Å²) < 4.78 is 5.67. The summed E-state index contributed by atoms with van der Waals surface area (Å²) in [5.74, 6) is 1.64. The highest BCUT2D eigenvalue weighted by atomic mass is 127. The third-order valence-corrected chi connectivity index (χ3v) is 4.26. The minimum Gasteiger partial charge on any atom is -0.491 e. The summed E-state index contributed by atoms with van der Waals surface area (Å²) in [6.07, 6.45) is 0.972. The summed E-state index contributed by atoms with van der Waals surface area (Å²) in [6, 6.07) is 15.8. The van der Waals surface area contributed by atoms with Gasteiger partial charge in [-0.25, -0.2) is 0 Å². The van der Waals surface area contributed by atoms with Gasteiger partial charge in [0.1, 0.15) is 5.75 Å². The Morgan fingerprint density at radius 2 is 1.77 bits per heavy atom. The number of nitrogens with one attached hydrogen (secondary N) is 2. The molecular weight excluding hydrogens is 491 g/mol. The molecule has 0 aromatic heterocycles. The van der Waals surface area contributed by atoms with Crippen LogP contribution in [-0.4, -0.2) is 50.6 Å². The summed E-state index contributed by atoms with van der Waals surface area (Å²) in [4.78, 5) is 17.9. The predicted molar refractivity (Wildman–Crippen MR) is 134 cm³/mol. The van der Waals surface area contributed by atoms with E-state index >= 15 is 0 Å². The summed E-state index contributed by atoms with van der Waals surface area (Å²) in [7, 11) is 5.28. The lowest BCUT2D eigenvalue weighted by molar-refractivity contribution is 0.0827. The van der Waals surface area contributed by atoms with Crippen LogP contribution in [0.1, 0.15) is 35.3 Å². The third-order valence-electron chi connectivity index (χ3n) is 4.26. The second-order valence-electron chi connectivity index (χ2n) is 7.31. The van der Waals surface area contributed by atoms with Crippen LogP contribution in [0.25, 0.3) is 0 Å². The topological polar surface area (TPSA) is 66.0 Å². The zero-order chi connectivity index (χ0) is 21.2. The number of benzene rings is 2. The molecular formula is C23H33IN4O2. The van der Waals surface area contributed by atoms with Crippen LogP contribution in [0.5, 0.6) is 5.75 Å². The quantitative estimate of drug-likeness (QED) is 0.314. The van der Waals surface area contributed by atoms with Crippen molar-refractivity contribution in [3.63, 3.8) is 0 Å². The summed E-state index contributed by atoms with van der Waals surface area (Å²) in [6.45, 7) is 5.43. The summed E-state index contributed by atoms with van der Waals surface area (Å²) in [5.41, 5.74) is 2.97. The van der Waals surface area contributed by atoms with E-state index in [1.165, 1.54) is 0 Å². The molecule has 0 unspecified atom stereocenters. The normalized spacial score (nSPS) is 10.9. The maximum Gasteiger partial charge on any atom is 0.253 e. The van der Waals surface area contributed by atoms with Crippen molar-refractivity contribution >= 4 is 35.8 Å². The fourth-order valence-electron chi connectivity index (χ4n) is 2.81. The van der Waals surface area contributed by atoms with Crippen molar-refractivity contribution < 1.29 is 9.53 Å². The monoisotopic (exact) mass is 524 g/mol. The number of carbonyl (C=O) groups is 1. The van der Waals surface area contributed by atoms with Crippen molar-refractivity contribution in [1.82, 2.24) is 15.5 Å². The molecule has 0 fully saturated rings. The highest BCUT2D eigenvalue weighted by molar-refractivity contribution is 14.0. The Labute approximate surface area is 197 Å². The Bertz CT molecular complexity index is 820. The largest absolute Gasteiger partial charge is 0.491 e. The molecule has 2 rings (SSSR count). The molecule has 0 saturated heterocycles. The van der Waals surface area contributed by atoms with Crippen LogP contribution in [0.3, 0.4) is 0 Å². The second kappa shape index (κ2) is 13.1. The van der Waals surface area contributed by atoms with Crippen molar-refractivity contribution in [2.45, 2.75) is 32.9 Å². The van der Waals surface area contributed by atoms with Gasteiger partial charge in [-0.3, -0.25) is 9.79 Å². The molecule has 0 heterocycles. The van der Waals surface area contributed by atoms with Gasteiger partial charge < -0.3 is 20.3 Å². The second-order valence-corrected chi connectivity index (χ2v) is 7.31. The van der Waals surface area contributed by atoms with Crippen LogP contribution >= 0.6 is 24.0 Å². The Balaban J connectivity index is 0.00000450. The van der Waals surface area contributed by atoms with Crippen molar-refractivity contribution in [3.8, 4) is 5.75 Å². The molecule has 0 saturated carbocycles. The molecule has 2 aromatic carbocycles. The van der Waals surface area contributed by atoms with E-state index in [9.17, 15) is 4.79 Å². The molecule has 0 aliphatic carbocycles. The first-order chi connectivity index (χ1) is 13.9. The molecule has 30 heavy (non-hydrogen) atoms. The molecule has 0 aliphatic heterocycles. The lowest BCUT2D eigenvalue weighted by Gasteiger charge is -2.14. The zero-order valence-electron chi connectivity index (χ0n) is 18.4. The Morgan fingerprint density at radius 3 is 2.37 bits per heavy atom. The van der Waals surface area contributed by atoms with E-state index in [-0.39, 0.29) is 36.0 Å². The summed E-state index contributed by atoms with van der Waals surface area (Å²) >= 11 is 0. The number of carbonyl (C=O) groups excluding carboxylic acids is 1. The number of halogens is 1. The van der Waals surface area contributed by atoms with Crippen LogP contribution < -0.4 is 15.4 Å². The fourth-order valence-corrected chi connectivity index (χ4v) is 2.81. The van der Waals surface area contributed by atoms with E-state index in [1.807, 2.05) is 62.4 Å². The van der Waals surface area contributed by atoms with E-state index < -0.39 is 0 Å². The highest BCUT2D eigenvalue weighted by Gasteiger charge is 2.08. The Kier molecular flexibility index (Phi) is 11.2. The molecule has 6 nitrogen and oxygen atoms in total. The minimum atomic E-state index is 0. The van der Waals surface area contributed by atoms with Gasteiger partial charge in [-0.15, -0.1) is 24.0 Å². The van der Waals surface area contributed by atoms with E-state index in [0.717, 1.165) is 35.8 Å². The fraction of sp³-hybridized carbons (Fsp3) is 0.391. The number of aliphatic imine (C=N–C) groups is 1. The number of rotatable bonds is 8. The lowest BCUT2D eigenvalue weighted by atomic mass is 10.1. The minimum absolute atomic E-state index is 0. The molecule has 0 radical (unpaired) electrons. The van der Waals surface area contributed by atoms with Gasteiger partial charge in [-0.1, -0.05) is 24.3 Å². The van der Waals surface area contributed by atoms with E-state index in [1.54, 1.807) is 26.0 Å². The number of hydrogen-bond donors (Lipinski definition) is 2. The van der Waals surface area contributed by atoms with Gasteiger partial charge in [0.05, 0.1) is 6.10 Å².